The molecule has 3 unspecified atom stereocenters. The first-order valence-corrected chi connectivity index (χ1v) is 13.4. The van der Waals surface area contributed by atoms with Crippen molar-refractivity contribution in [1.82, 2.24) is 15.3 Å². The fourth-order valence-electron chi connectivity index (χ4n) is 5.40. The van der Waals surface area contributed by atoms with Gasteiger partial charge in [-0.2, -0.15) is 13.2 Å². The summed E-state index contributed by atoms with van der Waals surface area (Å²) in [6.45, 7) is 2.54. The van der Waals surface area contributed by atoms with E-state index in [1.165, 1.54) is 7.11 Å². The van der Waals surface area contributed by atoms with Gasteiger partial charge in [0.2, 0.25) is 11.9 Å². The van der Waals surface area contributed by atoms with E-state index in [1.807, 2.05) is 26.1 Å². The lowest BCUT2D eigenvalue weighted by Gasteiger charge is -2.30. The monoisotopic (exact) mass is 535 g/mol. The number of halogens is 3. The Hall–Kier alpha value is -2.88. The number of hydrogen-bond donors (Lipinski definition) is 3. The minimum atomic E-state index is -4.52. The number of amides is 1. The van der Waals surface area contributed by atoms with Gasteiger partial charge in [-0.25, -0.2) is 9.97 Å². The Morgan fingerprint density at radius 2 is 2.00 bits per heavy atom. The lowest BCUT2D eigenvalue weighted by atomic mass is 9.76. The quantitative estimate of drug-likeness (QED) is 0.272. The molecule has 1 amide bonds. The number of anilines is 2. The number of aryl methyl sites for hydroxylation is 1. The highest BCUT2D eigenvalue weighted by molar-refractivity contribution is 5.76. The predicted octanol–water partition coefficient (Wildman–Crippen LogP) is 6.00. The van der Waals surface area contributed by atoms with Crippen LogP contribution in [0, 0.1) is 17.8 Å². The van der Waals surface area contributed by atoms with Crippen LogP contribution in [-0.2, 0) is 23.9 Å². The zero-order valence-corrected chi connectivity index (χ0v) is 22.5. The average Bonchev–Trinajstić information content (AvgIpc) is 2.87. The van der Waals surface area contributed by atoms with E-state index in [-0.39, 0.29) is 29.9 Å². The third-order valence-electron chi connectivity index (χ3n) is 7.41. The zero-order chi connectivity index (χ0) is 27.7. The van der Waals surface area contributed by atoms with Crippen molar-refractivity contribution in [3.05, 3.63) is 41.2 Å². The Morgan fingerprint density at radius 1 is 1.24 bits per heavy atom. The second-order valence-electron chi connectivity index (χ2n) is 10.4. The van der Waals surface area contributed by atoms with Gasteiger partial charge in [-0.3, -0.25) is 4.79 Å². The largest absolute Gasteiger partial charge is 0.495 e. The fraction of sp³-hybridized carbons (Fsp3) is 0.607. The predicted molar refractivity (Wildman–Crippen MR) is 142 cm³/mol. The zero-order valence-electron chi connectivity index (χ0n) is 22.5. The first-order chi connectivity index (χ1) is 18.1. The van der Waals surface area contributed by atoms with Crippen molar-refractivity contribution in [3.8, 4) is 5.75 Å². The number of primary amides is 1. The molecule has 3 atom stereocenters. The van der Waals surface area contributed by atoms with E-state index >= 15 is 0 Å². The molecule has 3 rings (SSSR count). The molecule has 0 aliphatic heterocycles. The van der Waals surface area contributed by atoms with Gasteiger partial charge in [0.25, 0.3) is 0 Å². The maximum absolute atomic E-state index is 13.7. The number of carbonyl (C=O) groups is 1. The van der Waals surface area contributed by atoms with Gasteiger partial charge in [0, 0.05) is 18.7 Å². The van der Waals surface area contributed by atoms with Crippen molar-refractivity contribution < 1.29 is 22.7 Å². The van der Waals surface area contributed by atoms with E-state index in [4.69, 9.17) is 10.5 Å². The summed E-state index contributed by atoms with van der Waals surface area (Å²) >= 11 is 0. The molecule has 38 heavy (non-hydrogen) atoms. The van der Waals surface area contributed by atoms with Crippen LogP contribution in [0.4, 0.5) is 24.8 Å². The summed E-state index contributed by atoms with van der Waals surface area (Å²) in [6, 6.07) is 5.55. The number of aromatic nitrogens is 2. The van der Waals surface area contributed by atoms with Crippen LogP contribution >= 0.6 is 0 Å². The minimum Gasteiger partial charge on any atom is -0.495 e. The van der Waals surface area contributed by atoms with Crippen LogP contribution in [0.25, 0.3) is 0 Å². The van der Waals surface area contributed by atoms with E-state index in [2.05, 4.69) is 20.6 Å². The van der Waals surface area contributed by atoms with E-state index in [0.717, 1.165) is 56.7 Å². The van der Waals surface area contributed by atoms with Gasteiger partial charge >= 0.3 is 6.18 Å². The number of nitrogens with two attached hydrogens (primary N) is 1. The number of nitrogens with one attached hydrogen (secondary N) is 2. The van der Waals surface area contributed by atoms with E-state index in [1.54, 1.807) is 6.07 Å². The van der Waals surface area contributed by atoms with E-state index < -0.39 is 11.7 Å². The molecule has 1 fully saturated rings. The number of alkyl halides is 3. The Kier molecular flexibility index (Phi) is 10.8. The van der Waals surface area contributed by atoms with Crippen LogP contribution in [0.1, 0.15) is 75.1 Å². The molecule has 2 aromatic rings. The fourth-order valence-corrected chi connectivity index (χ4v) is 5.40. The van der Waals surface area contributed by atoms with Crippen molar-refractivity contribution in [2.24, 2.45) is 23.5 Å². The summed E-state index contributed by atoms with van der Waals surface area (Å²) < 4.78 is 46.5. The number of methoxy groups -OCH3 is 1. The van der Waals surface area contributed by atoms with Crippen LogP contribution in [-0.4, -0.2) is 30.0 Å². The van der Waals surface area contributed by atoms with Crippen LogP contribution in [0.2, 0.25) is 0 Å². The number of unbranched alkanes of at least 4 members (excludes halogenated alkanes) is 1. The molecule has 1 heterocycles. The van der Waals surface area contributed by atoms with Crippen LogP contribution in [0.5, 0.6) is 5.75 Å². The lowest BCUT2D eigenvalue weighted by molar-refractivity contribution is -0.138. The summed E-state index contributed by atoms with van der Waals surface area (Å²) in [6.07, 6.45) is 4.21. The highest BCUT2D eigenvalue weighted by atomic mass is 19.4. The number of benzene rings is 1. The maximum atomic E-state index is 13.7. The molecule has 0 saturated heterocycles. The van der Waals surface area contributed by atoms with Gasteiger partial charge in [-0.15, -0.1) is 0 Å². The summed E-state index contributed by atoms with van der Waals surface area (Å²) in [5.74, 6) is 1.32. The number of rotatable bonds is 13. The van der Waals surface area contributed by atoms with E-state index in [9.17, 15) is 18.0 Å². The molecule has 1 aliphatic rings. The van der Waals surface area contributed by atoms with Gasteiger partial charge in [0.15, 0.2) is 0 Å². The molecule has 7 nitrogen and oxygen atoms in total. The smallest absolute Gasteiger partial charge is 0.419 e. The number of nitrogens with zero attached hydrogens (tertiary/aromatic N) is 2. The molecule has 1 aliphatic carbocycles. The molecule has 4 N–H and O–H groups in total. The van der Waals surface area contributed by atoms with Crippen molar-refractivity contribution in [1.29, 1.82) is 0 Å². The first kappa shape index (κ1) is 29.7. The third kappa shape index (κ3) is 8.58. The molecule has 0 spiro atoms. The van der Waals surface area contributed by atoms with Gasteiger partial charge in [0.05, 0.1) is 24.1 Å². The molecule has 0 radical (unpaired) electrons. The van der Waals surface area contributed by atoms with Crippen LogP contribution < -0.4 is 21.1 Å². The second-order valence-corrected chi connectivity index (χ2v) is 10.4. The van der Waals surface area contributed by atoms with Crippen molar-refractivity contribution >= 4 is 17.5 Å². The molecule has 10 heteroatoms. The normalized spacial score (nSPS) is 18.7. The maximum Gasteiger partial charge on any atom is 0.419 e. The van der Waals surface area contributed by atoms with Gasteiger partial charge in [-0.05, 0) is 62.3 Å². The number of hydrogen-bond acceptors (Lipinski definition) is 6. The molecule has 210 valence electrons. The summed E-state index contributed by atoms with van der Waals surface area (Å²) in [5.41, 5.74) is 6.22. The molecule has 1 saturated carbocycles. The van der Waals surface area contributed by atoms with Gasteiger partial charge in [0.1, 0.15) is 5.75 Å². The second kappa shape index (κ2) is 13.8. The van der Waals surface area contributed by atoms with Gasteiger partial charge in [-0.1, -0.05) is 45.1 Å². The summed E-state index contributed by atoms with van der Waals surface area (Å²) in [5, 5.41) is 6.08. The van der Waals surface area contributed by atoms with Crippen molar-refractivity contribution in [3.63, 3.8) is 0 Å². The first-order valence-electron chi connectivity index (χ1n) is 13.4. The van der Waals surface area contributed by atoms with Gasteiger partial charge < -0.3 is 21.1 Å². The standard InChI is InChI=1S/C28H40F3N5O2/c1-18(26(32)37)13-20-9-6-8-19(14-20)7-4-5-10-23-22(28(29,30)31)17-34-27(35-23)36-24-12-11-21(16-33-2)15-25(24)38-3/h11-12,15,17-20,33H,4-10,13-14,16H2,1-3H3,(H2,32,37)(H,34,35,36). The summed E-state index contributed by atoms with van der Waals surface area (Å²) in [4.78, 5) is 19.6. The number of ether oxygens (including phenoxy) is 1. The Balaban J connectivity index is 1.62. The Labute approximate surface area is 223 Å². The lowest BCUT2D eigenvalue weighted by Crippen LogP contribution is -2.25. The molecule has 1 aromatic carbocycles. The molecular formula is C28H40F3N5O2. The minimum absolute atomic E-state index is 0.00225. The van der Waals surface area contributed by atoms with E-state index in [0.29, 0.717) is 36.2 Å². The molecular weight excluding hydrogens is 495 g/mol. The Morgan fingerprint density at radius 3 is 2.68 bits per heavy atom. The van der Waals surface area contributed by atoms with Crippen LogP contribution in [0.3, 0.4) is 0 Å². The molecule has 0 bridgehead atoms. The highest BCUT2D eigenvalue weighted by Gasteiger charge is 2.35. The van der Waals surface area contributed by atoms with Crippen molar-refractivity contribution in [2.45, 2.75) is 77.4 Å². The van der Waals surface area contributed by atoms with Crippen LogP contribution in [0.15, 0.2) is 24.4 Å². The molecule has 1 aromatic heterocycles. The highest BCUT2D eigenvalue weighted by Crippen LogP contribution is 2.36. The SMILES string of the molecule is CNCc1ccc(Nc2ncc(C(F)(F)F)c(CCCCC3CCCC(CC(C)C(N)=O)C3)n2)c(OC)c1. The summed E-state index contributed by atoms with van der Waals surface area (Å²) in [7, 11) is 3.38. The Bertz CT molecular complexity index is 1060. The topological polar surface area (TPSA) is 102 Å². The third-order valence-corrected chi connectivity index (χ3v) is 7.41. The number of carbonyl (C=O) groups excluding carboxylic acids is 1. The van der Waals surface area contributed by atoms with Crippen molar-refractivity contribution in [2.75, 3.05) is 19.5 Å². The average molecular weight is 536 g/mol.